The Morgan fingerprint density at radius 2 is 1.75 bits per heavy atom. The van der Waals surface area contributed by atoms with E-state index in [9.17, 15) is 15.0 Å². The van der Waals surface area contributed by atoms with E-state index >= 15 is 0 Å². The lowest BCUT2D eigenvalue weighted by atomic mass is 9.98. The Morgan fingerprint density at radius 1 is 1.05 bits per heavy atom. The summed E-state index contributed by atoms with van der Waals surface area (Å²) in [5.41, 5.74) is 3.61. The molecule has 0 saturated carbocycles. The summed E-state index contributed by atoms with van der Waals surface area (Å²) in [5, 5.41) is 19.3. The molecule has 2 aromatic rings. The molecule has 0 heterocycles. The van der Waals surface area contributed by atoms with E-state index in [1.165, 1.54) is 0 Å². The first-order valence-corrected chi connectivity index (χ1v) is 6.90. The van der Waals surface area contributed by atoms with Crippen LogP contribution >= 0.6 is 15.9 Å². The number of rotatable bonds is 2. The van der Waals surface area contributed by atoms with Gasteiger partial charge in [0.25, 0.3) is 0 Å². The van der Waals surface area contributed by atoms with Crippen LogP contribution < -0.4 is 0 Å². The third kappa shape index (κ3) is 1.97. The number of halogens is 1. The molecule has 0 spiro atoms. The van der Waals surface area contributed by atoms with E-state index < -0.39 is 12.1 Å². The van der Waals surface area contributed by atoms with Crippen molar-refractivity contribution in [1.82, 2.24) is 0 Å². The standard InChI is InChI=1S/C16H11BrO3/c17-15-11(6-3-7-12(15)16(19)20)13-8-14(18)10-5-2-1-4-9(10)13/h1-8,14,18H,(H,19,20). The predicted octanol–water partition coefficient (Wildman–Crippen LogP) is 3.63. The highest BCUT2D eigenvalue weighted by Gasteiger charge is 2.24. The fraction of sp³-hybridized carbons (Fsp3) is 0.0625. The minimum atomic E-state index is -0.980. The summed E-state index contributed by atoms with van der Waals surface area (Å²) in [6.45, 7) is 0. The van der Waals surface area contributed by atoms with Crippen LogP contribution in [-0.2, 0) is 0 Å². The highest BCUT2D eigenvalue weighted by Crippen LogP contribution is 2.41. The minimum Gasteiger partial charge on any atom is -0.478 e. The Bertz CT molecular complexity index is 734. The lowest BCUT2D eigenvalue weighted by Gasteiger charge is -2.10. The Labute approximate surface area is 124 Å². The summed E-state index contributed by atoms with van der Waals surface area (Å²) in [6, 6.07) is 12.7. The number of hydrogen-bond donors (Lipinski definition) is 2. The Hall–Kier alpha value is -1.91. The zero-order chi connectivity index (χ0) is 14.3. The SMILES string of the molecule is O=C(O)c1cccc(C2=CC(O)c3ccccc32)c1Br. The van der Waals surface area contributed by atoms with Gasteiger partial charge in [0.2, 0.25) is 0 Å². The number of fused-ring (bicyclic) bond motifs is 1. The predicted molar refractivity (Wildman–Crippen MR) is 79.6 cm³/mol. The topological polar surface area (TPSA) is 57.5 Å². The van der Waals surface area contributed by atoms with Crippen LogP contribution in [0.2, 0.25) is 0 Å². The van der Waals surface area contributed by atoms with Crippen molar-refractivity contribution in [2.24, 2.45) is 0 Å². The summed E-state index contributed by atoms with van der Waals surface area (Å²) in [5.74, 6) is -0.980. The van der Waals surface area contributed by atoms with E-state index in [-0.39, 0.29) is 5.56 Å². The smallest absolute Gasteiger partial charge is 0.336 e. The van der Waals surface area contributed by atoms with E-state index in [1.54, 1.807) is 18.2 Å². The van der Waals surface area contributed by atoms with Crippen molar-refractivity contribution in [3.63, 3.8) is 0 Å². The third-order valence-corrected chi connectivity index (χ3v) is 4.27. The summed E-state index contributed by atoms with van der Waals surface area (Å²) in [7, 11) is 0. The molecule has 0 amide bonds. The van der Waals surface area contributed by atoms with Crippen LogP contribution in [0.5, 0.6) is 0 Å². The maximum absolute atomic E-state index is 11.2. The van der Waals surface area contributed by atoms with Crippen LogP contribution in [0.1, 0.15) is 33.2 Å². The van der Waals surface area contributed by atoms with Gasteiger partial charge in [0.05, 0.1) is 11.7 Å². The van der Waals surface area contributed by atoms with Crippen molar-refractivity contribution in [3.8, 4) is 0 Å². The van der Waals surface area contributed by atoms with Gasteiger partial charge in [-0.15, -0.1) is 0 Å². The van der Waals surface area contributed by atoms with Crippen LogP contribution in [0.3, 0.4) is 0 Å². The average molecular weight is 331 g/mol. The molecule has 1 aliphatic rings. The molecule has 2 aromatic carbocycles. The minimum absolute atomic E-state index is 0.210. The van der Waals surface area contributed by atoms with E-state index in [0.717, 1.165) is 22.3 Å². The van der Waals surface area contributed by atoms with Gasteiger partial charge in [-0.1, -0.05) is 36.4 Å². The second-order valence-electron chi connectivity index (χ2n) is 4.58. The molecule has 2 N–H and O–H groups in total. The van der Waals surface area contributed by atoms with Crippen LogP contribution in [0, 0.1) is 0 Å². The molecular formula is C16H11BrO3. The van der Waals surface area contributed by atoms with E-state index in [1.807, 2.05) is 30.3 Å². The largest absolute Gasteiger partial charge is 0.478 e. The molecule has 0 radical (unpaired) electrons. The van der Waals surface area contributed by atoms with Crippen LogP contribution in [0.4, 0.5) is 0 Å². The van der Waals surface area contributed by atoms with Crippen molar-refractivity contribution >= 4 is 27.5 Å². The fourth-order valence-electron chi connectivity index (χ4n) is 2.48. The summed E-state index contributed by atoms with van der Waals surface area (Å²) in [6.07, 6.45) is 1.10. The van der Waals surface area contributed by atoms with Gasteiger partial charge in [-0.2, -0.15) is 0 Å². The number of carboxylic acids is 1. The zero-order valence-electron chi connectivity index (χ0n) is 10.4. The van der Waals surface area contributed by atoms with Gasteiger partial charge >= 0.3 is 5.97 Å². The molecule has 0 bridgehead atoms. The molecule has 1 atom stereocenters. The molecule has 0 aliphatic heterocycles. The molecule has 0 fully saturated rings. The van der Waals surface area contributed by atoms with Gasteiger partial charge in [0, 0.05) is 4.47 Å². The molecule has 3 nitrogen and oxygen atoms in total. The summed E-state index contributed by atoms with van der Waals surface area (Å²) < 4.78 is 0.530. The maximum Gasteiger partial charge on any atom is 0.336 e. The first-order valence-electron chi connectivity index (χ1n) is 6.11. The molecule has 0 saturated heterocycles. The first-order chi connectivity index (χ1) is 9.59. The number of carbonyl (C=O) groups is 1. The molecule has 3 rings (SSSR count). The van der Waals surface area contributed by atoms with Crippen LogP contribution in [0.15, 0.2) is 53.0 Å². The van der Waals surface area contributed by atoms with Gasteiger partial charge in [-0.3, -0.25) is 0 Å². The van der Waals surface area contributed by atoms with Gasteiger partial charge < -0.3 is 10.2 Å². The number of hydrogen-bond acceptors (Lipinski definition) is 2. The molecule has 20 heavy (non-hydrogen) atoms. The molecule has 100 valence electrons. The van der Waals surface area contributed by atoms with Crippen molar-refractivity contribution in [2.45, 2.75) is 6.10 Å². The fourth-order valence-corrected chi connectivity index (χ4v) is 3.13. The average Bonchev–Trinajstić information content (AvgIpc) is 2.77. The molecule has 0 aromatic heterocycles. The third-order valence-electron chi connectivity index (χ3n) is 3.41. The molecule has 1 unspecified atom stereocenters. The quantitative estimate of drug-likeness (QED) is 0.884. The number of carboxylic acid groups (broad SMARTS) is 1. The number of aliphatic hydroxyl groups is 1. The summed E-state index contributed by atoms with van der Waals surface area (Å²) in [4.78, 5) is 11.2. The zero-order valence-corrected chi connectivity index (χ0v) is 12.0. The Kier molecular flexibility index (Phi) is 3.20. The highest BCUT2D eigenvalue weighted by atomic mass is 79.9. The van der Waals surface area contributed by atoms with Gasteiger partial charge in [-0.25, -0.2) is 4.79 Å². The number of benzene rings is 2. The summed E-state index contributed by atoms with van der Waals surface area (Å²) >= 11 is 3.36. The monoisotopic (exact) mass is 330 g/mol. The van der Waals surface area contributed by atoms with Gasteiger partial charge in [0.1, 0.15) is 0 Å². The van der Waals surface area contributed by atoms with Gasteiger partial charge in [-0.05, 0) is 50.3 Å². The number of aromatic carboxylic acids is 1. The Balaban J connectivity index is 2.19. The van der Waals surface area contributed by atoms with Crippen LogP contribution in [0.25, 0.3) is 5.57 Å². The lowest BCUT2D eigenvalue weighted by Crippen LogP contribution is -2.00. The van der Waals surface area contributed by atoms with Crippen LogP contribution in [-0.4, -0.2) is 16.2 Å². The van der Waals surface area contributed by atoms with E-state index in [2.05, 4.69) is 15.9 Å². The highest BCUT2D eigenvalue weighted by molar-refractivity contribution is 9.10. The van der Waals surface area contributed by atoms with Crippen molar-refractivity contribution in [2.75, 3.05) is 0 Å². The maximum atomic E-state index is 11.2. The normalized spacial score (nSPS) is 16.7. The second kappa shape index (κ2) is 4.89. The van der Waals surface area contributed by atoms with E-state index in [0.29, 0.717) is 4.47 Å². The molecule has 4 heteroatoms. The molecular weight excluding hydrogens is 320 g/mol. The number of aliphatic hydroxyl groups excluding tert-OH is 1. The van der Waals surface area contributed by atoms with Gasteiger partial charge in [0.15, 0.2) is 0 Å². The van der Waals surface area contributed by atoms with Crippen molar-refractivity contribution < 1.29 is 15.0 Å². The lowest BCUT2D eigenvalue weighted by molar-refractivity contribution is 0.0696. The Morgan fingerprint density at radius 3 is 2.50 bits per heavy atom. The van der Waals surface area contributed by atoms with Crippen molar-refractivity contribution in [3.05, 3.63) is 75.3 Å². The molecule has 1 aliphatic carbocycles. The van der Waals surface area contributed by atoms with Crippen molar-refractivity contribution in [1.29, 1.82) is 0 Å². The first kappa shape index (κ1) is 13.1. The second-order valence-corrected chi connectivity index (χ2v) is 5.38. The van der Waals surface area contributed by atoms with E-state index in [4.69, 9.17) is 0 Å².